The predicted molar refractivity (Wildman–Crippen MR) is 95.7 cm³/mol. The molecular formula is C17H18N2O6S. The van der Waals surface area contributed by atoms with Crippen LogP contribution in [-0.4, -0.2) is 32.5 Å². The molecule has 0 heterocycles. The molecule has 2 aromatic rings. The average molecular weight is 378 g/mol. The second kappa shape index (κ2) is 7.96. The Morgan fingerprint density at radius 3 is 2.46 bits per heavy atom. The van der Waals surface area contributed by atoms with Crippen LogP contribution in [0.15, 0.2) is 53.4 Å². The number of nitrogens with zero attached hydrogens (tertiary/aromatic N) is 2. The Morgan fingerprint density at radius 2 is 1.85 bits per heavy atom. The summed E-state index contributed by atoms with van der Waals surface area (Å²) in [6, 6.07) is 10.9. The molecule has 8 nitrogen and oxygen atoms in total. The van der Waals surface area contributed by atoms with Crippen molar-refractivity contribution in [1.82, 2.24) is 0 Å². The Labute approximate surface area is 151 Å². The summed E-state index contributed by atoms with van der Waals surface area (Å²) in [6.45, 7) is 3.44. The monoisotopic (exact) mass is 378 g/mol. The first-order valence-electron chi connectivity index (χ1n) is 7.86. The van der Waals surface area contributed by atoms with Crippen molar-refractivity contribution in [2.75, 3.05) is 17.5 Å². The lowest BCUT2D eigenvalue weighted by Gasteiger charge is -2.24. The minimum absolute atomic E-state index is 0.0292. The molecule has 2 aromatic carbocycles. The van der Waals surface area contributed by atoms with E-state index in [0.717, 1.165) is 10.4 Å². The number of sulfonamides is 1. The molecule has 0 aromatic heterocycles. The fraction of sp³-hybridized carbons (Fsp3) is 0.235. The van der Waals surface area contributed by atoms with E-state index in [2.05, 4.69) is 0 Å². The molecule has 0 saturated carbocycles. The number of esters is 1. The van der Waals surface area contributed by atoms with E-state index in [4.69, 9.17) is 4.74 Å². The summed E-state index contributed by atoms with van der Waals surface area (Å²) in [4.78, 5) is 22.2. The van der Waals surface area contributed by atoms with Crippen LogP contribution >= 0.6 is 0 Å². The summed E-state index contributed by atoms with van der Waals surface area (Å²) in [5.41, 5.74) is -0.0778. The summed E-state index contributed by atoms with van der Waals surface area (Å²) in [5.74, 6) is -0.643. The first kappa shape index (κ1) is 19.4. The van der Waals surface area contributed by atoms with Crippen molar-refractivity contribution in [3.8, 4) is 0 Å². The fourth-order valence-corrected chi connectivity index (χ4v) is 3.96. The van der Waals surface area contributed by atoms with Gasteiger partial charge in [-0.25, -0.2) is 13.2 Å². The van der Waals surface area contributed by atoms with E-state index >= 15 is 0 Å². The molecule has 26 heavy (non-hydrogen) atoms. The van der Waals surface area contributed by atoms with Crippen LogP contribution in [0.1, 0.15) is 24.2 Å². The maximum atomic E-state index is 13.0. The second-order valence-electron chi connectivity index (χ2n) is 5.16. The average Bonchev–Trinajstić information content (AvgIpc) is 2.63. The first-order valence-corrected chi connectivity index (χ1v) is 9.30. The first-order chi connectivity index (χ1) is 12.3. The Hall–Kier alpha value is -2.94. The lowest BCUT2D eigenvalue weighted by molar-refractivity contribution is -0.385. The van der Waals surface area contributed by atoms with Crippen molar-refractivity contribution in [2.45, 2.75) is 18.7 Å². The summed E-state index contributed by atoms with van der Waals surface area (Å²) in [7, 11) is -4.11. The predicted octanol–water partition coefficient (Wildman–Crippen LogP) is 2.99. The summed E-state index contributed by atoms with van der Waals surface area (Å²) in [5, 5.41) is 10.9. The van der Waals surface area contributed by atoms with Crippen LogP contribution in [0.5, 0.6) is 0 Å². The number of para-hydroxylation sites is 1. The number of carbonyl (C=O) groups is 1. The smallest absolute Gasteiger partial charge is 0.340 e. The van der Waals surface area contributed by atoms with Crippen molar-refractivity contribution in [2.24, 2.45) is 0 Å². The van der Waals surface area contributed by atoms with Gasteiger partial charge in [0.25, 0.3) is 15.7 Å². The normalized spacial score (nSPS) is 11.0. The van der Waals surface area contributed by atoms with Gasteiger partial charge in [0.15, 0.2) is 0 Å². The van der Waals surface area contributed by atoms with Crippen LogP contribution < -0.4 is 4.31 Å². The Morgan fingerprint density at radius 1 is 1.15 bits per heavy atom. The third-order valence-electron chi connectivity index (χ3n) is 3.57. The molecule has 0 saturated heterocycles. The molecule has 0 unspecified atom stereocenters. The number of hydrogen-bond acceptors (Lipinski definition) is 6. The van der Waals surface area contributed by atoms with Gasteiger partial charge < -0.3 is 4.74 Å². The van der Waals surface area contributed by atoms with Gasteiger partial charge in [0.05, 0.1) is 27.7 Å². The topological polar surface area (TPSA) is 107 Å². The van der Waals surface area contributed by atoms with Crippen LogP contribution in [0.25, 0.3) is 0 Å². The van der Waals surface area contributed by atoms with Crippen LogP contribution in [0.3, 0.4) is 0 Å². The molecular weight excluding hydrogens is 360 g/mol. The molecule has 2 rings (SSSR count). The van der Waals surface area contributed by atoms with E-state index < -0.39 is 20.9 Å². The molecule has 0 N–H and O–H groups in total. The van der Waals surface area contributed by atoms with Crippen molar-refractivity contribution in [1.29, 1.82) is 0 Å². The molecule has 0 atom stereocenters. The third kappa shape index (κ3) is 3.83. The van der Waals surface area contributed by atoms with Crippen molar-refractivity contribution in [3.05, 3.63) is 64.2 Å². The van der Waals surface area contributed by atoms with E-state index in [9.17, 15) is 23.3 Å². The zero-order valence-corrected chi connectivity index (χ0v) is 15.1. The molecule has 0 radical (unpaired) electrons. The number of non-ortho nitro benzene ring substituents is 1. The minimum Gasteiger partial charge on any atom is -0.462 e. The van der Waals surface area contributed by atoms with E-state index in [1.807, 2.05) is 0 Å². The second-order valence-corrected chi connectivity index (χ2v) is 7.02. The molecule has 9 heteroatoms. The highest BCUT2D eigenvalue weighted by Gasteiger charge is 2.28. The van der Waals surface area contributed by atoms with E-state index in [-0.39, 0.29) is 35.0 Å². The Kier molecular flexibility index (Phi) is 5.93. The third-order valence-corrected chi connectivity index (χ3v) is 5.46. The zero-order chi connectivity index (χ0) is 19.3. The lowest BCUT2D eigenvalue weighted by atomic mass is 10.2. The van der Waals surface area contributed by atoms with Gasteiger partial charge in [-0.2, -0.15) is 0 Å². The summed E-state index contributed by atoms with van der Waals surface area (Å²) in [6.07, 6.45) is 0. The highest BCUT2D eigenvalue weighted by atomic mass is 32.2. The van der Waals surface area contributed by atoms with Gasteiger partial charge in [0.1, 0.15) is 0 Å². The molecule has 0 fully saturated rings. The lowest BCUT2D eigenvalue weighted by Crippen LogP contribution is -2.32. The van der Waals surface area contributed by atoms with Gasteiger partial charge in [-0.05, 0) is 32.0 Å². The van der Waals surface area contributed by atoms with Gasteiger partial charge in [0.2, 0.25) is 0 Å². The molecule has 0 bridgehead atoms. The molecule has 0 aliphatic heterocycles. The zero-order valence-electron chi connectivity index (χ0n) is 14.3. The molecule has 0 amide bonds. The Balaban J connectivity index is 2.56. The van der Waals surface area contributed by atoms with Crippen LogP contribution in [0.4, 0.5) is 11.4 Å². The fourth-order valence-electron chi connectivity index (χ4n) is 2.43. The highest BCUT2D eigenvalue weighted by Crippen LogP contribution is 2.29. The quantitative estimate of drug-likeness (QED) is 0.416. The molecule has 0 aliphatic rings. The number of nitro benzene ring substituents is 1. The van der Waals surface area contributed by atoms with Crippen LogP contribution in [-0.2, 0) is 14.8 Å². The largest absolute Gasteiger partial charge is 0.462 e. The SMILES string of the molecule is CCOC(=O)c1ccccc1N(CC)S(=O)(=O)c1cccc([N+](=O)[O-])c1. The number of rotatable bonds is 7. The highest BCUT2D eigenvalue weighted by molar-refractivity contribution is 7.92. The van der Waals surface area contributed by atoms with Gasteiger partial charge in [-0.3, -0.25) is 14.4 Å². The summed E-state index contributed by atoms with van der Waals surface area (Å²) >= 11 is 0. The van der Waals surface area contributed by atoms with Crippen LogP contribution in [0, 0.1) is 10.1 Å². The standard InChI is InChI=1S/C17H18N2O6S/c1-3-18(16-11-6-5-10-15(16)17(20)25-4-2)26(23,24)14-9-7-8-13(12-14)19(21)22/h5-12H,3-4H2,1-2H3. The van der Waals surface area contributed by atoms with Gasteiger partial charge in [-0.1, -0.05) is 18.2 Å². The molecule has 138 valence electrons. The van der Waals surface area contributed by atoms with Crippen molar-refractivity contribution >= 4 is 27.4 Å². The number of carbonyl (C=O) groups excluding carboxylic acids is 1. The number of anilines is 1. The maximum Gasteiger partial charge on any atom is 0.340 e. The van der Waals surface area contributed by atoms with Gasteiger partial charge in [-0.15, -0.1) is 0 Å². The van der Waals surface area contributed by atoms with Crippen molar-refractivity contribution < 1.29 is 22.9 Å². The number of hydrogen-bond donors (Lipinski definition) is 0. The number of benzene rings is 2. The Bertz CT molecular complexity index is 926. The van der Waals surface area contributed by atoms with E-state index in [1.54, 1.807) is 26.0 Å². The molecule has 0 spiro atoms. The van der Waals surface area contributed by atoms with Crippen molar-refractivity contribution in [3.63, 3.8) is 0 Å². The van der Waals surface area contributed by atoms with E-state index in [1.165, 1.54) is 30.3 Å². The van der Waals surface area contributed by atoms with E-state index in [0.29, 0.717) is 0 Å². The van der Waals surface area contributed by atoms with Crippen LogP contribution in [0.2, 0.25) is 0 Å². The minimum atomic E-state index is -4.11. The maximum absolute atomic E-state index is 13.0. The number of ether oxygens (including phenoxy) is 1. The van der Waals surface area contributed by atoms with Gasteiger partial charge >= 0.3 is 5.97 Å². The van der Waals surface area contributed by atoms with Gasteiger partial charge in [0, 0.05) is 18.7 Å². The summed E-state index contributed by atoms with van der Waals surface area (Å²) < 4.78 is 32.1. The number of nitro groups is 1. The molecule has 0 aliphatic carbocycles.